The maximum Gasteiger partial charge on any atom is 0.328 e. The van der Waals surface area contributed by atoms with E-state index >= 15 is 0 Å². The highest BCUT2D eigenvalue weighted by molar-refractivity contribution is 5.85. The molecule has 1 unspecified atom stereocenters. The van der Waals surface area contributed by atoms with Crippen molar-refractivity contribution in [2.24, 2.45) is 0 Å². The van der Waals surface area contributed by atoms with Crippen molar-refractivity contribution >= 4 is 12.0 Å². The minimum absolute atomic E-state index is 0.125. The summed E-state index contributed by atoms with van der Waals surface area (Å²) in [7, 11) is 0. The van der Waals surface area contributed by atoms with E-state index in [1.54, 1.807) is 0 Å². The van der Waals surface area contributed by atoms with E-state index in [2.05, 4.69) is 16.7 Å². The highest BCUT2D eigenvalue weighted by Gasteiger charge is 2.29. The number of fused-ring (bicyclic) bond motifs is 1. The number of aryl methyl sites for hydroxylation is 1. The summed E-state index contributed by atoms with van der Waals surface area (Å²) in [5.74, 6) is -0.240. The van der Waals surface area contributed by atoms with Gasteiger partial charge in [0.15, 0.2) is 0 Å². The fraction of sp³-hybridized carbons (Fsp3) is 0.467. The average Bonchev–Trinajstić information content (AvgIpc) is 2.77. The molecule has 1 heterocycles. The Kier molecular flexibility index (Phi) is 4.06. The van der Waals surface area contributed by atoms with E-state index in [9.17, 15) is 9.59 Å². The zero-order chi connectivity index (χ0) is 15.6. The quantitative estimate of drug-likeness (QED) is 0.784. The third kappa shape index (κ3) is 3.65. The molecule has 3 N–H and O–H groups in total. The summed E-state index contributed by atoms with van der Waals surface area (Å²) >= 11 is 0. The van der Waals surface area contributed by atoms with Crippen molar-refractivity contribution in [3.8, 4) is 5.75 Å². The van der Waals surface area contributed by atoms with Gasteiger partial charge in [-0.25, -0.2) is 9.59 Å². The van der Waals surface area contributed by atoms with Crippen LogP contribution in [0.3, 0.4) is 0 Å². The van der Waals surface area contributed by atoms with Gasteiger partial charge in [-0.2, -0.15) is 0 Å². The van der Waals surface area contributed by atoms with Gasteiger partial charge in [-0.1, -0.05) is 17.7 Å². The molecule has 1 aromatic rings. The molecule has 6 nitrogen and oxygen atoms in total. The van der Waals surface area contributed by atoms with Crippen molar-refractivity contribution < 1.29 is 19.4 Å². The van der Waals surface area contributed by atoms with E-state index in [0.29, 0.717) is 6.54 Å². The number of urea groups is 1. The predicted octanol–water partition coefficient (Wildman–Crippen LogP) is 1.46. The number of amides is 2. The minimum atomic E-state index is -1.30. The fourth-order valence-corrected chi connectivity index (χ4v) is 2.15. The number of hydrogen-bond acceptors (Lipinski definition) is 3. The van der Waals surface area contributed by atoms with Crippen LogP contribution < -0.4 is 15.4 Å². The Balaban J connectivity index is 1.83. The smallest absolute Gasteiger partial charge is 0.328 e. The van der Waals surface area contributed by atoms with Crippen molar-refractivity contribution in [2.75, 3.05) is 6.54 Å². The van der Waals surface area contributed by atoms with Crippen LogP contribution in [0.1, 0.15) is 25.0 Å². The maximum absolute atomic E-state index is 11.7. The van der Waals surface area contributed by atoms with E-state index in [0.717, 1.165) is 17.7 Å². The van der Waals surface area contributed by atoms with Gasteiger partial charge < -0.3 is 20.5 Å². The number of carboxylic acid groups (broad SMARTS) is 1. The van der Waals surface area contributed by atoms with Gasteiger partial charge in [-0.05, 0) is 32.4 Å². The number of carbonyl (C=O) groups is 2. The number of aliphatic carboxylic acids is 1. The number of rotatable bonds is 4. The van der Waals surface area contributed by atoms with Gasteiger partial charge in [-0.3, -0.25) is 0 Å². The highest BCUT2D eigenvalue weighted by Crippen LogP contribution is 2.29. The summed E-state index contributed by atoms with van der Waals surface area (Å²) in [5, 5.41) is 14.0. The topological polar surface area (TPSA) is 87.7 Å². The maximum atomic E-state index is 11.7. The molecule has 2 amide bonds. The SMILES string of the molecule is Cc1ccc2c(c1)CC(CNC(=O)NC(C)(C)C(=O)O)O2. The molecule has 114 valence electrons. The lowest BCUT2D eigenvalue weighted by molar-refractivity contribution is -0.142. The van der Waals surface area contributed by atoms with E-state index in [-0.39, 0.29) is 6.10 Å². The molecule has 0 bridgehead atoms. The Bertz CT molecular complexity index is 569. The Morgan fingerprint density at radius 2 is 2.14 bits per heavy atom. The summed E-state index contributed by atoms with van der Waals surface area (Å²) in [6.45, 7) is 5.21. The first kappa shape index (κ1) is 15.2. The van der Waals surface area contributed by atoms with E-state index in [4.69, 9.17) is 9.84 Å². The van der Waals surface area contributed by atoms with Gasteiger partial charge in [0, 0.05) is 6.42 Å². The van der Waals surface area contributed by atoms with E-state index in [1.807, 2.05) is 19.1 Å². The number of carboxylic acids is 1. The van der Waals surface area contributed by atoms with E-state index < -0.39 is 17.5 Å². The molecule has 0 fully saturated rings. The van der Waals surface area contributed by atoms with Crippen molar-refractivity contribution in [2.45, 2.75) is 38.8 Å². The van der Waals surface area contributed by atoms with Crippen LogP contribution in [-0.4, -0.2) is 35.3 Å². The molecule has 1 aliphatic heterocycles. The Hall–Kier alpha value is -2.24. The average molecular weight is 292 g/mol. The summed E-state index contributed by atoms with van der Waals surface area (Å²) < 4.78 is 5.73. The van der Waals surface area contributed by atoms with E-state index in [1.165, 1.54) is 19.4 Å². The lowest BCUT2D eigenvalue weighted by atomic mass is 10.1. The molecule has 0 saturated heterocycles. The van der Waals surface area contributed by atoms with Crippen molar-refractivity contribution in [3.05, 3.63) is 29.3 Å². The lowest BCUT2D eigenvalue weighted by Crippen LogP contribution is -2.54. The minimum Gasteiger partial charge on any atom is -0.488 e. The zero-order valence-electron chi connectivity index (χ0n) is 12.4. The first-order chi connectivity index (χ1) is 9.78. The van der Waals surface area contributed by atoms with Crippen molar-refractivity contribution in [1.29, 1.82) is 0 Å². The molecular formula is C15H20N2O4. The first-order valence-electron chi connectivity index (χ1n) is 6.83. The Morgan fingerprint density at radius 3 is 2.81 bits per heavy atom. The summed E-state index contributed by atoms with van der Waals surface area (Å²) in [6, 6.07) is 5.47. The number of ether oxygens (including phenoxy) is 1. The molecule has 1 aliphatic rings. The van der Waals surface area contributed by atoms with Crippen molar-refractivity contribution in [3.63, 3.8) is 0 Å². The molecular weight excluding hydrogens is 272 g/mol. The second-order valence-corrected chi connectivity index (χ2v) is 5.82. The normalized spacial score (nSPS) is 16.8. The summed E-state index contributed by atoms with van der Waals surface area (Å²) in [4.78, 5) is 22.6. The van der Waals surface area contributed by atoms with Crippen LogP contribution >= 0.6 is 0 Å². The number of carbonyl (C=O) groups excluding carboxylic acids is 1. The van der Waals surface area contributed by atoms with Gasteiger partial charge >= 0.3 is 12.0 Å². The molecule has 0 saturated carbocycles. The molecule has 21 heavy (non-hydrogen) atoms. The number of benzene rings is 1. The van der Waals surface area contributed by atoms with Gasteiger partial charge in [0.1, 0.15) is 17.4 Å². The predicted molar refractivity (Wildman–Crippen MR) is 77.5 cm³/mol. The molecule has 6 heteroatoms. The first-order valence-corrected chi connectivity index (χ1v) is 6.83. The third-order valence-corrected chi connectivity index (χ3v) is 3.41. The van der Waals surface area contributed by atoms with Crippen LogP contribution in [-0.2, 0) is 11.2 Å². The summed E-state index contributed by atoms with van der Waals surface area (Å²) in [6.07, 6.45) is 0.611. The van der Waals surface area contributed by atoms with Gasteiger partial charge in [0.05, 0.1) is 6.54 Å². The van der Waals surface area contributed by atoms with Crippen LogP contribution in [0.25, 0.3) is 0 Å². The second-order valence-electron chi connectivity index (χ2n) is 5.82. The summed E-state index contributed by atoms with van der Waals surface area (Å²) in [5.41, 5.74) is 1.00. The van der Waals surface area contributed by atoms with Crippen molar-refractivity contribution in [1.82, 2.24) is 10.6 Å². The molecule has 0 radical (unpaired) electrons. The van der Waals surface area contributed by atoms with Crippen LogP contribution in [0.4, 0.5) is 4.79 Å². The Morgan fingerprint density at radius 1 is 1.43 bits per heavy atom. The van der Waals surface area contributed by atoms with Gasteiger partial charge in [-0.15, -0.1) is 0 Å². The van der Waals surface area contributed by atoms with Crippen LogP contribution in [0, 0.1) is 6.92 Å². The highest BCUT2D eigenvalue weighted by atomic mass is 16.5. The zero-order valence-corrected chi connectivity index (χ0v) is 12.4. The largest absolute Gasteiger partial charge is 0.488 e. The van der Waals surface area contributed by atoms with Crippen LogP contribution in [0.15, 0.2) is 18.2 Å². The monoisotopic (exact) mass is 292 g/mol. The fourth-order valence-electron chi connectivity index (χ4n) is 2.15. The Labute approximate surface area is 123 Å². The molecule has 0 spiro atoms. The molecule has 1 atom stereocenters. The number of hydrogen-bond donors (Lipinski definition) is 3. The van der Waals surface area contributed by atoms with Gasteiger partial charge in [0.25, 0.3) is 0 Å². The molecule has 0 aromatic heterocycles. The lowest BCUT2D eigenvalue weighted by Gasteiger charge is -2.21. The van der Waals surface area contributed by atoms with Crippen LogP contribution in [0.2, 0.25) is 0 Å². The molecule has 1 aromatic carbocycles. The van der Waals surface area contributed by atoms with Gasteiger partial charge in [0.2, 0.25) is 0 Å². The molecule has 2 rings (SSSR count). The number of nitrogens with one attached hydrogen (secondary N) is 2. The standard InChI is InChI=1S/C15H20N2O4/c1-9-4-5-12-10(6-9)7-11(21-12)8-16-14(20)17-15(2,3)13(18)19/h4-6,11H,7-8H2,1-3H3,(H,18,19)(H2,16,17,20). The third-order valence-electron chi connectivity index (χ3n) is 3.41. The molecule has 0 aliphatic carbocycles. The second kappa shape index (κ2) is 5.63. The van der Waals surface area contributed by atoms with Crippen LogP contribution in [0.5, 0.6) is 5.75 Å².